The molecule has 1 amide bonds. The second-order valence-corrected chi connectivity index (χ2v) is 10.7. The summed E-state index contributed by atoms with van der Waals surface area (Å²) in [6, 6.07) is 15.2. The van der Waals surface area contributed by atoms with E-state index in [1.807, 2.05) is 58.0 Å². The van der Waals surface area contributed by atoms with E-state index in [0.29, 0.717) is 6.54 Å². The van der Waals surface area contributed by atoms with Crippen LogP contribution in [-0.2, 0) is 30.8 Å². The van der Waals surface area contributed by atoms with Gasteiger partial charge in [0.15, 0.2) is 6.61 Å². The maximum Gasteiger partial charge on any atom is 0.338 e. The van der Waals surface area contributed by atoms with Crippen molar-refractivity contribution in [3.63, 3.8) is 0 Å². The third kappa shape index (κ3) is 6.43. The number of hydrogen-bond acceptors (Lipinski definition) is 6. The van der Waals surface area contributed by atoms with Crippen molar-refractivity contribution in [2.45, 2.75) is 57.4 Å². The van der Waals surface area contributed by atoms with Crippen molar-refractivity contribution in [1.82, 2.24) is 9.21 Å². The van der Waals surface area contributed by atoms with E-state index in [9.17, 15) is 18.0 Å². The summed E-state index contributed by atoms with van der Waals surface area (Å²) in [4.78, 5) is 27.0. The van der Waals surface area contributed by atoms with E-state index in [2.05, 4.69) is 0 Å². The average Bonchev–Trinajstić information content (AvgIpc) is 2.80. The van der Waals surface area contributed by atoms with Gasteiger partial charge in [-0.15, -0.1) is 0 Å². The summed E-state index contributed by atoms with van der Waals surface area (Å²) in [6.07, 6.45) is -0.449. The molecule has 1 fully saturated rings. The predicted molar refractivity (Wildman–Crippen MR) is 128 cm³/mol. The number of esters is 1. The van der Waals surface area contributed by atoms with Crippen LogP contribution in [0.4, 0.5) is 0 Å². The van der Waals surface area contributed by atoms with Crippen LogP contribution < -0.4 is 0 Å². The number of carbonyl (C=O) groups is 2. The zero-order valence-corrected chi connectivity index (χ0v) is 20.8. The van der Waals surface area contributed by atoms with Crippen molar-refractivity contribution < 1.29 is 27.5 Å². The number of carbonyl (C=O) groups excluding carboxylic acids is 2. The van der Waals surface area contributed by atoms with E-state index >= 15 is 0 Å². The maximum atomic E-state index is 13.1. The molecule has 0 N–H and O–H groups in total. The molecule has 0 aliphatic carbocycles. The van der Waals surface area contributed by atoms with E-state index in [-0.39, 0.29) is 47.7 Å². The smallest absolute Gasteiger partial charge is 0.338 e. The summed E-state index contributed by atoms with van der Waals surface area (Å²) in [7, 11) is -3.80. The Morgan fingerprint density at radius 2 is 1.71 bits per heavy atom. The SMILES string of the molecule is CC1CN(S(=O)(=O)c2cccc(C(=O)OCC(=O)N(Cc3ccccc3)C(C)C)c2)CC(C)O1. The quantitative estimate of drug-likeness (QED) is 0.530. The number of sulfonamides is 1. The van der Waals surface area contributed by atoms with Crippen LogP contribution in [0.1, 0.15) is 43.6 Å². The molecular formula is C25H32N2O6S. The first kappa shape index (κ1) is 25.9. The summed E-state index contributed by atoms with van der Waals surface area (Å²) in [5, 5.41) is 0. The lowest BCUT2D eigenvalue weighted by molar-refractivity contribution is -0.136. The molecule has 2 unspecified atom stereocenters. The zero-order valence-electron chi connectivity index (χ0n) is 20.0. The lowest BCUT2D eigenvalue weighted by atomic mass is 10.2. The zero-order chi connectivity index (χ0) is 24.9. The number of ether oxygens (including phenoxy) is 2. The second kappa shape index (κ2) is 11.1. The fourth-order valence-corrected chi connectivity index (χ4v) is 5.53. The molecular weight excluding hydrogens is 456 g/mol. The van der Waals surface area contributed by atoms with Crippen LogP contribution >= 0.6 is 0 Å². The van der Waals surface area contributed by atoms with Crippen LogP contribution in [0, 0.1) is 0 Å². The number of hydrogen-bond donors (Lipinski definition) is 0. The Balaban J connectivity index is 1.67. The van der Waals surface area contributed by atoms with Gasteiger partial charge in [0.1, 0.15) is 0 Å². The molecule has 0 radical (unpaired) electrons. The van der Waals surface area contributed by atoms with Gasteiger partial charge in [0.05, 0.1) is 22.7 Å². The summed E-state index contributed by atoms with van der Waals surface area (Å²) in [5.41, 5.74) is 1.04. The van der Waals surface area contributed by atoms with Gasteiger partial charge < -0.3 is 14.4 Å². The van der Waals surface area contributed by atoms with Gasteiger partial charge in [0.25, 0.3) is 5.91 Å². The highest BCUT2D eigenvalue weighted by molar-refractivity contribution is 7.89. The Labute approximate surface area is 201 Å². The molecule has 34 heavy (non-hydrogen) atoms. The van der Waals surface area contributed by atoms with Crippen molar-refractivity contribution >= 4 is 21.9 Å². The van der Waals surface area contributed by atoms with Crippen LogP contribution in [0.5, 0.6) is 0 Å². The fourth-order valence-electron chi connectivity index (χ4n) is 3.89. The normalized spacial score (nSPS) is 19.1. The van der Waals surface area contributed by atoms with E-state index in [0.717, 1.165) is 5.56 Å². The number of morpholine rings is 1. The lowest BCUT2D eigenvalue weighted by Gasteiger charge is -2.34. The number of rotatable bonds is 8. The number of amides is 1. The Morgan fingerprint density at radius 3 is 2.32 bits per heavy atom. The first-order valence-electron chi connectivity index (χ1n) is 11.3. The highest BCUT2D eigenvalue weighted by Gasteiger charge is 2.32. The Kier molecular flexibility index (Phi) is 8.46. The van der Waals surface area contributed by atoms with Gasteiger partial charge in [-0.25, -0.2) is 13.2 Å². The van der Waals surface area contributed by atoms with Gasteiger partial charge in [0, 0.05) is 25.7 Å². The minimum absolute atomic E-state index is 0.00228. The molecule has 0 aromatic heterocycles. The number of nitrogens with zero attached hydrogens (tertiary/aromatic N) is 2. The molecule has 0 saturated carbocycles. The van der Waals surface area contributed by atoms with E-state index < -0.39 is 22.6 Å². The molecule has 3 rings (SSSR count). The van der Waals surface area contributed by atoms with Crippen LogP contribution in [0.15, 0.2) is 59.5 Å². The first-order chi connectivity index (χ1) is 16.1. The summed E-state index contributed by atoms with van der Waals surface area (Å²) >= 11 is 0. The highest BCUT2D eigenvalue weighted by Crippen LogP contribution is 2.22. The fraction of sp³-hybridized carbons (Fsp3) is 0.440. The van der Waals surface area contributed by atoms with E-state index in [1.54, 1.807) is 4.90 Å². The Bertz CT molecular complexity index is 1090. The van der Waals surface area contributed by atoms with Gasteiger partial charge in [-0.3, -0.25) is 4.79 Å². The molecule has 1 aliphatic heterocycles. The standard InChI is InChI=1S/C25H32N2O6S/c1-18(2)27(16-21-9-6-5-7-10-21)24(28)17-32-25(29)22-11-8-12-23(13-22)34(30,31)26-14-19(3)33-20(4)15-26/h5-13,18-20H,14-17H2,1-4H3. The lowest BCUT2D eigenvalue weighted by Crippen LogP contribution is -2.48. The third-order valence-electron chi connectivity index (χ3n) is 5.56. The van der Waals surface area contributed by atoms with E-state index in [4.69, 9.17) is 9.47 Å². The molecule has 0 spiro atoms. The van der Waals surface area contributed by atoms with E-state index in [1.165, 1.54) is 28.6 Å². The van der Waals surface area contributed by atoms with Gasteiger partial charge in [-0.2, -0.15) is 4.31 Å². The van der Waals surface area contributed by atoms with Crippen molar-refractivity contribution in [3.05, 3.63) is 65.7 Å². The molecule has 1 saturated heterocycles. The summed E-state index contributed by atoms with van der Waals surface area (Å²) in [6.45, 7) is 7.88. The summed E-state index contributed by atoms with van der Waals surface area (Å²) in [5.74, 6) is -1.08. The Morgan fingerprint density at radius 1 is 1.06 bits per heavy atom. The molecule has 2 aromatic rings. The molecule has 8 nitrogen and oxygen atoms in total. The molecule has 2 aromatic carbocycles. The molecule has 1 heterocycles. The number of benzene rings is 2. The molecule has 184 valence electrons. The first-order valence-corrected chi connectivity index (χ1v) is 12.8. The largest absolute Gasteiger partial charge is 0.452 e. The van der Waals surface area contributed by atoms with Crippen molar-refractivity contribution in [2.75, 3.05) is 19.7 Å². The topological polar surface area (TPSA) is 93.2 Å². The molecule has 1 aliphatic rings. The van der Waals surface area contributed by atoms with Gasteiger partial charge in [0.2, 0.25) is 10.0 Å². The molecule has 0 bridgehead atoms. The minimum atomic E-state index is -3.80. The van der Waals surface area contributed by atoms with Gasteiger partial charge >= 0.3 is 5.97 Å². The average molecular weight is 489 g/mol. The minimum Gasteiger partial charge on any atom is -0.452 e. The van der Waals surface area contributed by atoms with Crippen LogP contribution in [0.25, 0.3) is 0 Å². The van der Waals surface area contributed by atoms with Crippen molar-refractivity contribution in [3.8, 4) is 0 Å². The van der Waals surface area contributed by atoms with Crippen LogP contribution in [0.3, 0.4) is 0 Å². The van der Waals surface area contributed by atoms with Crippen molar-refractivity contribution in [2.24, 2.45) is 0 Å². The Hall–Kier alpha value is -2.75. The third-order valence-corrected chi connectivity index (χ3v) is 7.39. The van der Waals surface area contributed by atoms with Crippen LogP contribution in [-0.4, -0.2) is 67.4 Å². The van der Waals surface area contributed by atoms with Crippen LogP contribution in [0.2, 0.25) is 0 Å². The molecule has 9 heteroatoms. The molecule has 2 atom stereocenters. The summed E-state index contributed by atoms with van der Waals surface area (Å²) < 4.78 is 38.5. The second-order valence-electron chi connectivity index (χ2n) is 8.78. The van der Waals surface area contributed by atoms with Gasteiger partial charge in [-0.1, -0.05) is 36.4 Å². The van der Waals surface area contributed by atoms with Gasteiger partial charge in [-0.05, 0) is 51.5 Å². The van der Waals surface area contributed by atoms with Crippen molar-refractivity contribution in [1.29, 1.82) is 0 Å². The maximum absolute atomic E-state index is 13.1. The highest BCUT2D eigenvalue weighted by atomic mass is 32.2. The predicted octanol–water partition coefficient (Wildman–Crippen LogP) is 3.08. The monoisotopic (exact) mass is 488 g/mol.